The number of likely N-dealkylation sites (tertiary alicyclic amines) is 1. The predicted octanol–water partition coefficient (Wildman–Crippen LogP) is 1.78. The van der Waals surface area contributed by atoms with Gasteiger partial charge >= 0.3 is 0 Å². The van der Waals surface area contributed by atoms with Crippen molar-refractivity contribution in [1.82, 2.24) is 15.2 Å². The molecule has 0 amide bonds. The number of thiazole rings is 1. The van der Waals surface area contributed by atoms with Gasteiger partial charge in [0.1, 0.15) is 5.01 Å². The van der Waals surface area contributed by atoms with Crippen molar-refractivity contribution in [3.8, 4) is 0 Å². The summed E-state index contributed by atoms with van der Waals surface area (Å²) in [7, 11) is 1.73. The van der Waals surface area contributed by atoms with Crippen molar-refractivity contribution >= 4 is 11.3 Å². The van der Waals surface area contributed by atoms with Crippen molar-refractivity contribution in [1.29, 1.82) is 0 Å². The Hall–Kier alpha value is -0.490. The molecule has 1 saturated heterocycles. The molecule has 0 bridgehead atoms. The number of nitrogens with one attached hydrogen (secondary N) is 1. The van der Waals surface area contributed by atoms with E-state index in [0.717, 1.165) is 26.2 Å². The fourth-order valence-corrected chi connectivity index (χ4v) is 3.31. The average Bonchev–Trinajstić information content (AvgIpc) is 2.96. The van der Waals surface area contributed by atoms with Gasteiger partial charge in [0, 0.05) is 25.1 Å². The van der Waals surface area contributed by atoms with Crippen LogP contribution in [0.3, 0.4) is 0 Å². The van der Waals surface area contributed by atoms with Crippen LogP contribution in [0.2, 0.25) is 0 Å². The molecular formula is C13H23N3OS. The quantitative estimate of drug-likeness (QED) is 0.766. The van der Waals surface area contributed by atoms with Crippen LogP contribution < -0.4 is 5.32 Å². The molecule has 0 saturated carbocycles. The van der Waals surface area contributed by atoms with Crippen LogP contribution in [0.25, 0.3) is 0 Å². The van der Waals surface area contributed by atoms with Crippen LogP contribution in [0.15, 0.2) is 0 Å². The fraction of sp³-hybridized carbons (Fsp3) is 0.769. The van der Waals surface area contributed by atoms with Gasteiger partial charge in [-0.25, -0.2) is 4.98 Å². The Labute approximate surface area is 113 Å². The summed E-state index contributed by atoms with van der Waals surface area (Å²) in [5, 5.41) is 4.64. The van der Waals surface area contributed by atoms with Crippen LogP contribution in [0.1, 0.15) is 28.4 Å². The molecule has 1 aromatic heterocycles. The Kier molecular flexibility index (Phi) is 5.56. The third kappa shape index (κ3) is 4.02. The molecule has 0 aliphatic carbocycles. The molecule has 2 rings (SSSR count). The molecule has 1 aliphatic heterocycles. The van der Waals surface area contributed by atoms with Crippen LogP contribution in [0.4, 0.5) is 0 Å². The maximum Gasteiger partial charge on any atom is 0.107 e. The van der Waals surface area contributed by atoms with Crippen LogP contribution >= 0.6 is 11.3 Å². The summed E-state index contributed by atoms with van der Waals surface area (Å²) in [4.78, 5) is 8.54. The van der Waals surface area contributed by atoms with Crippen LogP contribution in [-0.4, -0.2) is 43.2 Å². The molecule has 102 valence electrons. The minimum atomic E-state index is 0.762. The van der Waals surface area contributed by atoms with Gasteiger partial charge in [-0.1, -0.05) is 0 Å². The number of aromatic nitrogens is 1. The summed E-state index contributed by atoms with van der Waals surface area (Å²) < 4.78 is 5.02. The third-order valence-electron chi connectivity index (χ3n) is 3.26. The van der Waals surface area contributed by atoms with Gasteiger partial charge in [-0.2, -0.15) is 0 Å². The molecule has 0 atom stereocenters. The monoisotopic (exact) mass is 269 g/mol. The molecule has 4 nitrogen and oxygen atoms in total. The van der Waals surface area contributed by atoms with E-state index in [1.54, 1.807) is 7.11 Å². The Bertz CT molecular complexity index is 361. The lowest BCUT2D eigenvalue weighted by atomic mass is 10.4. The van der Waals surface area contributed by atoms with Crippen molar-refractivity contribution < 1.29 is 4.74 Å². The molecule has 0 spiro atoms. The zero-order chi connectivity index (χ0) is 12.8. The van der Waals surface area contributed by atoms with Crippen molar-refractivity contribution in [3.63, 3.8) is 0 Å². The number of nitrogens with zero attached hydrogens (tertiary/aromatic N) is 2. The second kappa shape index (κ2) is 7.19. The largest absolute Gasteiger partial charge is 0.383 e. The first-order valence-electron chi connectivity index (χ1n) is 6.67. The molecule has 1 N–H and O–H groups in total. The lowest BCUT2D eigenvalue weighted by molar-refractivity contribution is 0.199. The average molecular weight is 269 g/mol. The highest BCUT2D eigenvalue weighted by molar-refractivity contribution is 7.11. The molecule has 0 aromatic carbocycles. The van der Waals surface area contributed by atoms with E-state index in [4.69, 9.17) is 4.74 Å². The van der Waals surface area contributed by atoms with E-state index in [0.29, 0.717) is 0 Å². The minimum absolute atomic E-state index is 0.762. The fourth-order valence-electron chi connectivity index (χ4n) is 2.23. The Morgan fingerprint density at radius 1 is 1.39 bits per heavy atom. The van der Waals surface area contributed by atoms with Crippen LogP contribution in [0.5, 0.6) is 0 Å². The van der Waals surface area contributed by atoms with E-state index in [1.807, 2.05) is 11.3 Å². The number of methoxy groups -OCH3 is 1. The summed E-state index contributed by atoms with van der Waals surface area (Å²) in [6.45, 7) is 8.18. The number of hydrogen-bond acceptors (Lipinski definition) is 5. The van der Waals surface area contributed by atoms with E-state index in [2.05, 4.69) is 22.1 Å². The molecule has 1 aliphatic rings. The smallest absolute Gasteiger partial charge is 0.107 e. The number of rotatable bonds is 7. The zero-order valence-electron chi connectivity index (χ0n) is 11.4. The highest BCUT2D eigenvalue weighted by atomic mass is 32.1. The first-order valence-corrected chi connectivity index (χ1v) is 7.48. The number of ether oxygens (including phenoxy) is 1. The van der Waals surface area contributed by atoms with Gasteiger partial charge in [0.05, 0.1) is 18.8 Å². The van der Waals surface area contributed by atoms with E-state index >= 15 is 0 Å². The highest BCUT2D eigenvalue weighted by Crippen LogP contribution is 2.21. The van der Waals surface area contributed by atoms with Crippen molar-refractivity contribution in [3.05, 3.63) is 15.6 Å². The Balaban J connectivity index is 1.81. The molecule has 5 heteroatoms. The summed E-state index contributed by atoms with van der Waals surface area (Å²) in [6.07, 6.45) is 2.69. The maximum absolute atomic E-state index is 5.02. The van der Waals surface area contributed by atoms with Gasteiger partial charge in [0.15, 0.2) is 0 Å². The normalized spacial score (nSPS) is 16.6. The minimum Gasteiger partial charge on any atom is -0.383 e. The SMILES string of the molecule is COCCNCc1sc(CN2CCCC2)nc1C. The number of hydrogen-bond donors (Lipinski definition) is 1. The highest BCUT2D eigenvalue weighted by Gasteiger charge is 2.15. The standard InChI is InChI=1S/C13H23N3OS/c1-11-12(9-14-5-8-17-2)18-13(15-11)10-16-6-3-4-7-16/h14H,3-10H2,1-2H3. The first-order chi connectivity index (χ1) is 8.79. The molecule has 18 heavy (non-hydrogen) atoms. The van der Waals surface area contributed by atoms with Crippen LogP contribution in [-0.2, 0) is 17.8 Å². The molecule has 0 radical (unpaired) electrons. The lowest BCUT2D eigenvalue weighted by Crippen LogP contribution is -2.18. The van der Waals surface area contributed by atoms with Gasteiger partial charge in [-0.05, 0) is 32.9 Å². The number of aryl methyl sites for hydroxylation is 1. The third-order valence-corrected chi connectivity index (χ3v) is 4.41. The molecular weight excluding hydrogens is 246 g/mol. The molecule has 0 unspecified atom stereocenters. The second-order valence-corrected chi connectivity index (χ2v) is 5.94. The summed E-state index contributed by atoms with van der Waals surface area (Å²) in [5.74, 6) is 0. The van der Waals surface area contributed by atoms with Gasteiger partial charge in [0.25, 0.3) is 0 Å². The summed E-state index contributed by atoms with van der Waals surface area (Å²) in [5.41, 5.74) is 1.18. The van der Waals surface area contributed by atoms with Gasteiger partial charge < -0.3 is 10.1 Å². The van der Waals surface area contributed by atoms with E-state index < -0.39 is 0 Å². The summed E-state index contributed by atoms with van der Waals surface area (Å²) >= 11 is 1.85. The van der Waals surface area contributed by atoms with Crippen LogP contribution in [0, 0.1) is 6.92 Å². The summed E-state index contributed by atoms with van der Waals surface area (Å²) in [6, 6.07) is 0. The topological polar surface area (TPSA) is 37.4 Å². The Morgan fingerprint density at radius 3 is 2.89 bits per heavy atom. The Morgan fingerprint density at radius 2 is 2.17 bits per heavy atom. The van der Waals surface area contributed by atoms with Crippen molar-refractivity contribution in [2.75, 3.05) is 33.4 Å². The predicted molar refractivity (Wildman–Crippen MR) is 74.9 cm³/mol. The van der Waals surface area contributed by atoms with E-state index in [1.165, 1.54) is 41.5 Å². The van der Waals surface area contributed by atoms with E-state index in [-0.39, 0.29) is 0 Å². The van der Waals surface area contributed by atoms with Crippen molar-refractivity contribution in [2.45, 2.75) is 32.9 Å². The van der Waals surface area contributed by atoms with Gasteiger partial charge in [-0.15, -0.1) is 11.3 Å². The molecule has 1 aromatic rings. The zero-order valence-corrected chi connectivity index (χ0v) is 12.2. The second-order valence-electron chi connectivity index (χ2n) is 4.77. The van der Waals surface area contributed by atoms with Gasteiger partial charge in [-0.3, -0.25) is 4.90 Å². The van der Waals surface area contributed by atoms with Gasteiger partial charge in [0.2, 0.25) is 0 Å². The lowest BCUT2D eigenvalue weighted by Gasteiger charge is -2.11. The maximum atomic E-state index is 5.02. The molecule has 2 heterocycles. The van der Waals surface area contributed by atoms with E-state index in [9.17, 15) is 0 Å². The van der Waals surface area contributed by atoms with Crippen molar-refractivity contribution in [2.24, 2.45) is 0 Å². The first kappa shape index (κ1) is 13.9. The molecule has 1 fully saturated rings.